The van der Waals surface area contributed by atoms with Crippen molar-refractivity contribution in [2.45, 2.75) is 19.5 Å². The van der Waals surface area contributed by atoms with Crippen molar-refractivity contribution in [1.82, 2.24) is 10.2 Å². The Kier molecular flexibility index (Phi) is 9.62. The highest BCUT2D eigenvalue weighted by molar-refractivity contribution is 14.0. The third kappa shape index (κ3) is 7.98. The molecule has 0 unspecified atom stereocenters. The van der Waals surface area contributed by atoms with Crippen LogP contribution >= 0.6 is 24.0 Å². The van der Waals surface area contributed by atoms with Gasteiger partial charge in [0.1, 0.15) is 13.1 Å². The van der Waals surface area contributed by atoms with Crippen molar-refractivity contribution >= 4 is 41.5 Å². The maximum Gasteiger partial charge on any atom is 0.406 e. The summed E-state index contributed by atoms with van der Waals surface area (Å²) < 4.78 is 48.3. The Balaban J connectivity index is 0.00000392. The minimum absolute atomic E-state index is 0. The van der Waals surface area contributed by atoms with Gasteiger partial charge in [-0.2, -0.15) is 13.2 Å². The third-order valence-corrected chi connectivity index (χ3v) is 3.57. The summed E-state index contributed by atoms with van der Waals surface area (Å²) in [5.74, 6) is 0.780. The molecule has 1 aromatic carbocycles. The lowest BCUT2D eigenvalue weighted by molar-refractivity contribution is -0.157. The maximum absolute atomic E-state index is 12.4. The number of nitrogens with zero attached hydrogens (tertiary/aromatic N) is 2. The van der Waals surface area contributed by atoms with Gasteiger partial charge in [-0.25, -0.2) is 4.99 Å². The highest BCUT2D eigenvalue weighted by Gasteiger charge is 2.31. The summed E-state index contributed by atoms with van der Waals surface area (Å²) in [6.07, 6.45) is -3.66. The molecule has 0 bridgehead atoms. The molecule has 11 heteroatoms. The van der Waals surface area contributed by atoms with Gasteiger partial charge >= 0.3 is 6.18 Å². The lowest BCUT2D eigenvalue weighted by atomic mass is 10.3. The number of fused-ring (bicyclic) bond motifs is 1. The van der Waals surface area contributed by atoms with Crippen molar-refractivity contribution in [2.75, 3.05) is 45.2 Å². The Labute approximate surface area is 178 Å². The van der Waals surface area contributed by atoms with E-state index in [-0.39, 0.29) is 29.9 Å². The number of hydrogen-bond donors (Lipinski definition) is 2. The molecule has 1 amide bonds. The van der Waals surface area contributed by atoms with Gasteiger partial charge in [-0.1, -0.05) is 0 Å². The van der Waals surface area contributed by atoms with Gasteiger partial charge in [0.05, 0.1) is 13.2 Å². The molecule has 1 aromatic rings. The molecular weight excluding hydrogens is 492 g/mol. The average molecular weight is 516 g/mol. The van der Waals surface area contributed by atoms with Crippen molar-refractivity contribution in [3.63, 3.8) is 0 Å². The first kappa shape index (κ1) is 24.1. The monoisotopic (exact) mass is 516 g/mol. The first-order valence-electron chi connectivity index (χ1n) is 8.54. The topological polar surface area (TPSA) is 75.2 Å². The molecule has 0 atom stereocenters. The van der Waals surface area contributed by atoms with Crippen molar-refractivity contribution in [1.29, 1.82) is 0 Å². The quantitative estimate of drug-likeness (QED) is 0.358. The number of anilines is 1. The van der Waals surface area contributed by atoms with E-state index in [1.165, 1.54) is 0 Å². The van der Waals surface area contributed by atoms with Crippen LogP contribution in [0.5, 0.6) is 11.5 Å². The van der Waals surface area contributed by atoms with Gasteiger partial charge in [-0.3, -0.25) is 4.79 Å². The molecule has 7 nitrogen and oxygen atoms in total. The van der Waals surface area contributed by atoms with Crippen LogP contribution in [-0.2, 0) is 4.79 Å². The number of ether oxygens (including phenoxy) is 2. The molecule has 2 rings (SSSR count). The van der Waals surface area contributed by atoms with Crippen LogP contribution in [0.25, 0.3) is 0 Å². The molecule has 0 saturated carbocycles. The lowest BCUT2D eigenvalue weighted by Gasteiger charge is -2.18. The second-order valence-electron chi connectivity index (χ2n) is 5.90. The van der Waals surface area contributed by atoms with E-state index in [1.807, 2.05) is 6.92 Å². The number of halogens is 4. The maximum atomic E-state index is 12.4. The summed E-state index contributed by atoms with van der Waals surface area (Å²) in [7, 11) is 1.09. The van der Waals surface area contributed by atoms with Crippen LogP contribution in [0.2, 0.25) is 0 Å². The molecule has 0 aliphatic carbocycles. The van der Waals surface area contributed by atoms with Crippen LogP contribution in [0.15, 0.2) is 23.2 Å². The molecule has 158 valence electrons. The van der Waals surface area contributed by atoms with Crippen molar-refractivity contribution in [3.05, 3.63) is 18.2 Å². The van der Waals surface area contributed by atoms with E-state index in [0.29, 0.717) is 41.8 Å². The van der Waals surface area contributed by atoms with E-state index in [0.717, 1.165) is 13.5 Å². The molecule has 0 spiro atoms. The number of benzene rings is 1. The standard InChI is InChI=1S/C17H23F3N4O3.HI/c1-3-21-16(22-10-15(25)24(2)11-17(18,19)20)23-12-5-6-13-14(9-12)27-8-4-7-26-13;/h5-6,9H,3-4,7-8,10-11H2,1-2H3,(H2,21,22,23);1H. The predicted octanol–water partition coefficient (Wildman–Crippen LogP) is 2.86. The van der Waals surface area contributed by atoms with Gasteiger partial charge in [0.25, 0.3) is 0 Å². The van der Waals surface area contributed by atoms with Crippen LogP contribution in [0.4, 0.5) is 18.9 Å². The van der Waals surface area contributed by atoms with E-state index in [4.69, 9.17) is 9.47 Å². The smallest absolute Gasteiger partial charge is 0.406 e. The fourth-order valence-electron chi connectivity index (χ4n) is 2.31. The summed E-state index contributed by atoms with van der Waals surface area (Å²) in [6.45, 7) is 1.76. The minimum atomic E-state index is -4.44. The summed E-state index contributed by atoms with van der Waals surface area (Å²) >= 11 is 0. The van der Waals surface area contributed by atoms with Crippen molar-refractivity contribution in [2.24, 2.45) is 4.99 Å². The van der Waals surface area contributed by atoms with Gasteiger partial charge in [0.15, 0.2) is 17.5 Å². The highest BCUT2D eigenvalue weighted by atomic mass is 127. The average Bonchev–Trinajstić information content (AvgIpc) is 2.83. The van der Waals surface area contributed by atoms with Crippen LogP contribution < -0.4 is 20.1 Å². The van der Waals surface area contributed by atoms with Gasteiger partial charge in [-0.05, 0) is 19.1 Å². The largest absolute Gasteiger partial charge is 0.490 e. The zero-order valence-corrected chi connectivity index (χ0v) is 18.0. The van der Waals surface area contributed by atoms with Crippen molar-refractivity contribution < 1.29 is 27.4 Å². The number of alkyl halides is 3. The van der Waals surface area contributed by atoms with E-state index >= 15 is 0 Å². The molecule has 2 N–H and O–H groups in total. The zero-order chi connectivity index (χ0) is 19.9. The Hall–Kier alpha value is -1.92. The summed E-state index contributed by atoms with van der Waals surface area (Å²) in [4.78, 5) is 16.5. The Morgan fingerprint density at radius 1 is 1.25 bits per heavy atom. The highest BCUT2D eigenvalue weighted by Crippen LogP contribution is 2.32. The van der Waals surface area contributed by atoms with Crippen LogP contribution in [0, 0.1) is 0 Å². The minimum Gasteiger partial charge on any atom is -0.490 e. The molecule has 1 heterocycles. The number of guanidine groups is 1. The lowest BCUT2D eigenvalue weighted by Crippen LogP contribution is -2.38. The molecule has 0 aromatic heterocycles. The normalized spacial score (nSPS) is 13.8. The summed E-state index contributed by atoms with van der Waals surface area (Å²) in [5.41, 5.74) is 0.648. The number of amides is 1. The molecule has 1 aliphatic heterocycles. The SMILES string of the molecule is CCNC(=NCC(=O)N(C)CC(F)(F)F)Nc1ccc2c(c1)OCCCO2.I. The van der Waals surface area contributed by atoms with Crippen LogP contribution in [-0.4, -0.2) is 62.8 Å². The van der Waals surface area contributed by atoms with Crippen LogP contribution in [0.1, 0.15) is 13.3 Å². The van der Waals surface area contributed by atoms with Crippen LogP contribution in [0.3, 0.4) is 0 Å². The van der Waals surface area contributed by atoms with Gasteiger partial charge in [-0.15, -0.1) is 24.0 Å². The second-order valence-corrected chi connectivity index (χ2v) is 5.90. The molecule has 0 saturated heterocycles. The Bertz CT molecular complexity index is 686. The number of likely N-dealkylation sites (N-methyl/N-ethyl adjacent to an activating group) is 1. The van der Waals surface area contributed by atoms with Gasteiger partial charge in [0, 0.05) is 31.8 Å². The second kappa shape index (κ2) is 11.2. The number of hydrogen-bond acceptors (Lipinski definition) is 4. The first-order valence-corrected chi connectivity index (χ1v) is 8.54. The zero-order valence-electron chi connectivity index (χ0n) is 15.6. The molecular formula is C17H24F3IN4O3. The number of carbonyl (C=O) groups excluding carboxylic acids is 1. The first-order chi connectivity index (χ1) is 12.8. The van der Waals surface area contributed by atoms with Gasteiger partial charge in [0.2, 0.25) is 5.91 Å². The Morgan fingerprint density at radius 3 is 2.57 bits per heavy atom. The van der Waals surface area contributed by atoms with Gasteiger partial charge < -0.3 is 25.0 Å². The number of rotatable bonds is 5. The number of aliphatic imine (C=N–C) groups is 1. The van der Waals surface area contributed by atoms with E-state index in [1.54, 1.807) is 18.2 Å². The molecule has 28 heavy (non-hydrogen) atoms. The fourth-order valence-corrected chi connectivity index (χ4v) is 2.31. The van der Waals surface area contributed by atoms with E-state index < -0.39 is 25.2 Å². The molecule has 0 radical (unpaired) electrons. The predicted molar refractivity (Wildman–Crippen MR) is 111 cm³/mol. The number of carbonyl (C=O) groups is 1. The molecule has 1 aliphatic rings. The summed E-state index contributed by atoms with van der Waals surface area (Å²) in [6, 6.07) is 5.26. The van der Waals surface area contributed by atoms with E-state index in [2.05, 4.69) is 15.6 Å². The Morgan fingerprint density at radius 2 is 1.93 bits per heavy atom. The van der Waals surface area contributed by atoms with Crippen molar-refractivity contribution in [3.8, 4) is 11.5 Å². The number of nitrogens with one attached hydrogen (secondary N) is 2. The van der Waals surface area contributed by atoms with E-state index in [9.17, 15) is 18.0 Å². The summed E-state index contributed by atoms with van der Waals surface area (Å²) in [5, 5.41) is 5.94. The fraction of sp³-hybridized carbons (Fsp3) is 0.529. The third-order valence-electron chi connectivity index (χ3n) is 3.57. The molecule has 0 fully saturated rings.